The highest BCUT2D eigenvalue weighted by molar-refractivity contribution is 5.73. The van der Waals surface area contributed by atoms with Crippen LogP contribution in [0.4, 0.5) is 0 Å². The van der Waals surface area contributed by atoms with Gasteiger partial charge in [-0.05, 0) is 57.8 Å². The summed E-state index contributed by atoms with van der Waals surface area (Å²) in [5, 5.41) is 0. The molecule has 3 rings (SSSR count). The summed E-state index contributed by atoms with van der Waals surface area (Å²) < 4.78 is 18.9. The fraction of sp³-hybridized carbons (Fsp3) is 0.815. The molecule has 2 aliphatic heterocycles. The van der Waals surface area contributed by atoms with Crippen LogP contribution in [0.25, 0.3) is 0 Å². The molecule has 0 aromatic carbocycles. The van der Waals surface area contributed by atoms with Crippen LogP contribution in [-0.4, -0.2) is 59.2 Å². The van der Waals surface area contributed by atoms with Gasteiger partial charge in [-0.3, -0.25) is 14.4 Å². The van der Waals surface area contributed by atoms with Crippen LogP contribution >= 0.6 is 0 Å². The van der Waals surface area contributed by atoms with Crippen molar-refractivity contribution >= 4 is 17.8 Å². The zero-order chi connectivity index (χ0) is 25.6. The highest BCUT2D eigenvalue weighted by atomic mass is 16.6. The van der Waals surface area contributed by atoms with Gasteiger partial charge in [0, 0.05) is 39.7 Å². The molecule has 2 saturated heterocycles. The second kappa shape index (κ2) is 9.63. The van der Waals surface area contributed by atoms with Crippen LogP contribution in [0, 0.1) is 23.7 Å². The summed E-state index contributed by atoms with van der Waals surface area (Å²) in [6.07, 6.45) is 2.85. The van der Waals surface area contributed by atoms with E-state index < -0.39 is 11.2 Å². The summed E-state index contributed by atoms with van der Waals surface area (Å²) in [7, 11) is 1.79. The van der Waals surface area contributed by atoms with Crippen molar-refractivity contribution in [1.82, 2.24) is 4.90 Å². The number of likely N-dealkylation sites (N-methyl/N-ethyl adjacent to an activating group) is 1. The third-order valence-electron chi connectivity index (χ3n) is 8.68. The van der Waals surface area contributed by atoms with Gasteiger partial charge in [0.15, 0.2) is 0 Å². The number of amides is 1. The molecule has 0 aromatic heterocycles. The van der Waals surface area contributed by atoms with Crippen molar-refractivity contribution in [2.45, 2.75) is 110 Å². The first-order valence-corrected chi connectivity index (χ1v) is 12.7. The lowest BCUT2D eigenvalue weighted by Gasteiger charge is -2.51. The van der Waals surface area contributed by atoms with Crippen LogP contribution in [0.1, 0.15) is 80.6 Å². The van der Waals surface area contributed by atoms with E-state index in [9.17, 15) is 14.4 Å². The minimum atomic E-state index is -0.869. The van der Waals surface area contributed by atoms with Crippen molar-refractivity contribution in [3.05, 3.63) is 12.2 Å². The fourth-order valence-electron chi connectivity index (χ4n) is 7.14. The maximum atomic E-state index is 12.3. The van der Waals surface area contributed by atoms with Gasteiger partial charge in [-0.1, -0.05) is 26.0 Å². The predicted octanol–water partition coefficient (Wildman–Crippen LogP) is 4.28. The minimum absolute atomic E-state index is 0.0363. The molecule has 2 heterocycles. The molecule has 0 N–H and O–H groups in total. The van der Waals surface area contributed by atoms with Gasteiger partial charge in [0.05, 0.1) is 12.1 Å². The van der Waals surface area contributed by atoms with E-state index in [0.717, 1.165) is 18.4 Å². The molecule has 2 bridgehead atoms. The third kappa shape index (κ3) is 4.91. The maximum Gasteiger partial charge on any atom is 0.303 e. The van der Waals surface area contributed by atoms with Crippen molar-refractivity contribution in [2.24, 2.45) is 23.7 Å². The molecule has 7 nitrogen and oxygen atoms in total. The van der Waals surface area contributed by atoms with Crippen LogP contribution in [0.3, 0.4) is 0 Å². The average Bonchev–Trinajstić information content (AvgIpc) is 3.08. The molecule has 0 aromatic rings. The molecule has 0 unspecified atom stereocenters. The Kier molecular flexibility index (Phi) is 7.57. The summed E-state index contributed by atoms with van der Waals surface area (Å²) in [5.74, 6) is 0.0868. The van der Waals surface area contributed by atoms with Gasteiger partial charge in [-0.15, -0.1) is 0 Å². The molecule has 0 radical (unpaired) electrons. The molecule has 34 heavy (non-hydrogen) atoms. The smallest absolute Gasteiger partial charge is 0.303 e. The molecular weight excluding hydrogens is 434 g/mol. The Morgan fingerprint density at radius 2 is 1.59 bits per heavy atom. The molecule has 3 fully saturated rings. The van der Waals surface area contributed by atoms with Crippen molar-refractivity contribution in [1.29, 1.82) is 0 Å². The van der Waals surface area contributed by atoms with E-state index in [0.29, 0.717) is 31.1 Å². The zero-order valence-electron chi connectivity index (χ0n) is 22.2. The van der Waals surface area contributed by atoms with Crippen LogP contribution < -0.4 is 0 Å². The van der Waals surface area contributed by atoms with Crippen LogP contribution in [-0.2, 0) is 28.6 Å². The van der Waals surface area contributed by atoms with Crippen LogP contribution in [0.5, 0.6) is 0 Å². The standard InChI is InChI=1S/C27H43NO6/c1-15(2)20-10-12-26(7,33-18(5)30)24-22-14-16(3)21(28(9)17(4)29)11-13-27(8,34-19(6)31)25(32-22)23(20)24/h15,20-25H,3,10-14H2,1-2,4-9H3/t20-,21+,22-,23-,24-,25-,26-,27-/m1/s1. The highest BCUT2D eigenvalue weighted by Crippen LogP contribution is 2.58. The number of nitrogens with zero attached hydrogens (tertiary/aromatic N) is 1. The first-order valence-electron chi connectivity index (χ1n) is 12.7. The van der Waals surface area contributed by atoms with E-state index in [1.54, 1.807) is 18.9 Å². The number of hydrogen-bond donors (Lipinski definition) is 0. The first kappa shape index (κ1) is 26.7. The number of esters is 2. The Bertz CT molecular complexity index is 839. The van der Waals surface area contributed by atoms with Gasteiger partial charge >= 0.3 is 11.9 Å². The highest BCUT2D eigenvalue weighted by Gasteiger charge is 2.64. The molecule has 1 aliphatic carbocycles. The number of carbonyl (C=O) groups is 3. The number of fused-ring (bicyclic) bond motifs is 5. The molecule has 1 amide bonds. The Morgan fingerprint density at radius 1 is 1.03 bits per heavy atom. The molecule has 8 atom stereocenters. The molecule has 192 valence electrons. The summed E-state index contributed by atoms with van der Waals surface area (Å²) in [6, 6.07) is -0.182. The molecule has 0 spiro atoms. The van der Waals surface area contributed by atoms with Crippen molar-refractivity contribution in [2.75, 3.05) is 7.05 Å². The summed E-state index contributed by atoms with van der Waals surface area (Å²) >= 11 is 0. The SMILES string of the molecule is C=C1C[C@H]2O[C@H]([C@H]3[C@@H]2[C@](C)(OC(C)=O)CC[C@@H]3C(C)C)[C@](C)(OC(C)=O)CC[C@@H]1N(C)C(C)=O. The van der Waals surface area contributed by atoms with Gasteiger partial charge in [0.25, 0.3) is 0 Å². The Morgan fingerprint density at radius 3 is 2.12 bits per heavy atom. The number of carbonyl (C=O) groups excluding carboxylic acids is 3. The summed E-state index contributed by atoms with van der Waals surface area (Å²) in [4.78, 5) is 38.4. The van der Waals surface area contributed by atoms with E-state index in [4.69, 9.17) is 14.2 Å². The molecule has 1 saturated carbocycles. The van der Waals surface area contributed by atoms with Crippen molar-refractivity contribution < 1.29 is 28.6 Å². The van der Waals surface area contributed by atoms with Gasteiger partial charge in [-0.2, -0.15) is 0 Å². The molecule has 3 aliphatic rings. The number of ether oxygens (including phenoxy) is 3. The van der Waals surface area contributed by atoms with E-state index in [-0.39, 0.29) is 47.9 Å². The number of hydrogen-bond acceptors (Lipinski definition) is 6. The minimum Gasteiger partial charge on any atom is -0.459 e. The monoisotopic (exact) mass is 477 g/mol. The maximum absolute atomic E-state index is 12.3. The van der Waals surface area contributed by atoms with E-state index in [1.807, 2.05) is 13.8 Å². The number of rotatable bonds is 4. The summed E-state index contributed by atoms with van der Waals surface area (Å²) in [5.41, 5.74) is -0.628. The predicted molar refractivity (Wildman–Crippen MR) is 129 cm³/mol. The summed E-state index contributed by atoms with van der Waals surface area (Å²) in [6.45, 7) is 17.3. The molecular formula is C27H43NO6. The first-order chi connectivity index (χ1) is 15.7. The van der Waals surface area contributed by atoms with Crippen LogP contribution in [0.15, 0.2) is 12.2 Å². The van der Waals surface area contributed by atoms with Crippen LogP contribution in [0.2, 0.25) is 0 Å². The molecule has 7 heteroatoms. The average molecular weight is 478 g/mol. The van der Waals surface area contributed by atoms with E-state index in [1.165, 1.54) is 13.8 Å². The topological polar surface area (TPSA) is 82.1 Å². The van der Waals surface area contributed by atoms with Gasteiger partial charge in [0.2, 0.25) is 5.91 Å². The lowest BCUT2D eigenvalue weighted by Crippen LogP contribution is -2.56. The van der Waals surface area contributed by atoms with E-state index in [2.05, 4.69) is 20.4 Å². The second-order valence-electron chi connectivity index (χ2n) is 11.5. The quantitative estimate of drug-likeness (QED) is 0.444. The largest absolute Gasteiger partial charge is 0.459 e. The van der Waals surface area contributed by atoms with E-state index >= 15 is 0 Å². The lowest BCUT2D eigenvalue weighted by molar-refractivity contribution is -0.181. The van der Waals surface area contributed by atoms with Crippen molar-refractivity contribution in [3.8, 4) is 0 Å². The normalized spacial score (nSPS) is 40.0. The lowest BCUT2D eigenvalue weighted by atomic mass is 9.57. The Balaban J connectivity index is 2.14. The van der Waals surface area contributed by atoms with Gasteiger partial charge in [0.1, 0.15) is 17.3 Å². The van der Waals surface area contributed by atoms with Gasteiger partial charge in [-0.25, -0.2) is 0 Å². The zero-order valence-corrected chi connectivity index (χ0v) is 22.2. The van der Waals surface area contributed by atoms with Gasteiger partial charge < -0.3 is 19.1 Å². The fourth-order valence-corrected chi connectivity index (χ4v) is 7.14. The Hall–Kier alpha value is -1.89. The second-order valence-corrected chi connectivity index (χ2v) is 11.5. The third-order valence-corrected chi connectivity index (χ3v) is 8.68. The Labute approximate surface area is 204 Å². The van der Waals surface area contributed by atoms with Crippen molar-refractivity contribution in [3.63, 3.8) is 0 Å².